The van der Waals surface area contributed by atoms with Crippen molar-refractivity contribution < 1.29 is 0 Å². The second kappa shape index (κ2) is 8.14. The van der Waals surface area contributed by atoms with Gasteiger partial charge in [0.2, 0.25) is 5.95 Å². The maximum absolute atomic E-state index is 6.02. The molecule has 1 fully saturated rings. The lowest BCUT2D eigenvalue weighted by molar-refractivity contribution is 0.313. The normalized spacial score (nSPS) is 14.7. The third kappa shape index (κ3) is 4.32. The zero-order valence-corrected chi connectivity index (χ0v) is 16.0. The van der Waals surface area contributed by atoms with Crippen LogP contribution in [0.1, 0.15) is 0 Å². The van der Waals surface area contributed by atoms with E-state index in [2.05, 4.69) is 61.7 Å². The molecular formula is C21H25N7. The fourth-order valence-corrected chi connectivity index (χ4v) is 3.16. The lowest BCUT2D eigenvalue weighted by Crippen LogP contribution is -2.44. The molecule has 0 saturated carbocycles. The highest BCUT2D eigenvalue weighted by atomic mass is 15.2. The van der Waals surface area contributed by atoms with Gasteiger partial charge in [0.05, 0.1) is 11.9 Å². The van der Waals surface area contributed by atoms with Gasteiger partial charge in [0.25, 0.3) is 0 Å². The molecule has 144 valence electrons. The van der Waals surface area contributed by atoms with Crippen molar-refractivity contribution in [2.45, 2.75) is 0 Å². The van der Waals surface area contributed by atoms with E-state index in [4.69, 9.17) is 5.73 Å². The van der Waals surface area contributed by atoms with Crippen LogP contribution < -0.4 is 21.3 Å². The molecule has 0 atom stereocenters. The van der Waals surface area contributed by atoms with Gasteiger partial charge in [0, 0.05) is 43.2 Å². The molecule has 2 aromatic carbocycles. The summed E-state index contributed by atoms with van der Waals surface area (Å²) in [6, 6.07) is 18.2. The number of nitrogen functional groups attached to an aromatic ring is 1. The largest absolute Gasteiger partial charge is 0.394 e. The second-order valence-corrected chi connectivity index (χ2v) is 6.95. The van der Waals surface area contributed by atoms with E-state index in [1.165, 1.54) is 5.69 Å². The summed E-state index contributed by atoms with van der Waals surface area (Å²) in [7, 11) is 2.16. The molecule has 1 saturated heterocycles. The lowest BCUT2D eigenvalue weighted by atomic mass is 10.2. The maximum atomic E-state index is 6.02. The highest BCUT2D eigenvalue weighted by molar-refractivity contribution is 5.70. The molecule has 1 aliphatic rings. The minimum absolute atomic E-state index is 0.500. The van der Waals surface area contributed by atoms with Crippen LogP contribution in [0.15, 0.2) is 60.8 Å². The fraction of sp³-hybridized carbons (Fsp3) is 0.238. The Bertz CT molecular complexity index is 904. The van der Waals surface area contributed by atoms with Gasteiger partial charge in [0.15, 0.2) is 5.82 Å². The van der Waals surface area contributed by atoms with E-state index in [1.54, 1.807) is 6.20 Å². The smallest absolute Gasteiger partial charge is 0.229 e. The van der Waals surface area contributed by atoms with Crippen LogP contribution >= 0.6 is 0 Å². The van der Waals surface area contributed by atoms with E-state index in [0.717, 1.165) is 37.6 Å². The molecule has 0 aliphatic carbocycles. The monoisotopic (exact) mass is 375 g/mol. The van der Waals surface area contributed by atoms with Gasteiger partial charge in [-0.1, -0.05) is 18.2 Å². The zero-order chi connectivity index (χ0) is 19.3. The summed E-state index contributed by atoms with van der Waals surface area (Å²) in [4.78, 5) is 13.6. The van der Waals surface area contributed by atoms with E-state index >= 15 is 0 Å². The first-order valence-electron chi connectivity index (χ1n) is 9.42. The lowest BCUT2D eigenvalue weighted by Gasteiger charge is -2.34. The minimum Gasteiger partial charge on any atom is -0.394 e. The standard InChI is InChI=1S/C21H25N7/c1-27-11-13-28(14-12-27)18-9-7-17(8-10-18)25-21-23-15-19(22)20(26-21)24-16-5-3-2-4-6-16/h2-10,15H,11-14,22H2,1H3,(H2,23,24,25,26). The Morgan fingerprint density at radius 2 is 1.54 bits per heavy atom. The molecule has 1 aliphatic heterocycles. The molecule has 0 amide bonds. The summed E-state index contributed by atoms with van der Waals surface area (Å²) < 4.78 is 0. The van der Waals surface area contributed by atoms with Gasteiger partial charge in [0.1, 0.15) is 0 Å². The van der Waals surface area contributed by atoms with E-state index in [0.29, 0.717) is 17.5 Å². The number of nitrogens with zero attached hydrogens (tertiary/aromatic N) is 4. The Morgan fingerprint density at radius 1 is 0.857 bits per heavy atom. The van der Waals surface area contributed by atoms with Crippen molar-refractivity contribution in [3.63, 3.8) is 0 Å². The zero-order valence-electron chi connectivity index (χ0n) is 16.0. The Labute approximate surface area is 165 Å². The van der Waals surface area contributed by atoms with Gasteiger partial charge in [-0.15, -0.1) is 0 Å². The van der Waals surface area contributed by atoms with Gasteiger partial charge < -0.3 is 26.2 Å². The molecule has 0 radical (unpaired) electrons. The summed E-state index contributed by atoms with van der Waals surface area (Å²) in [5.41, 5.74) is 9.62. The molecule has 0 spiro atoms. The Balaban J connectivity index is 1.44. The molecule has 0 bridgehead atoms. The Hall–Kier alpha value is -3.32. The van der Waals surface area contributed by atoms with Crippen molar-refractivity contribution in [3.05, 3.63) is 60.8 Å². The summed E-state index contributed by atoms with van der Waals surface area (Å²) in [5, 5.41) is 6.48. The maximum Gasteiger partial charge on any atom is 0.229 e. The predicted molar refractivity (Wildman–Crippen MR) is 116 cm³/mol. The topological polar surface area (TPSA) is 82.3 Å². The Kier molecular flexibility index (Phi) is 5.25. The molecule has 7 heteroatoms. The average Bonchev–Trinajstić information content (AvgIpc) is 2.73. The summed E-state index contributed by atoms with van der Waals surface area (Å²) in [6.07, 6.45) is 1.61. The quantitative estimate of drug-likeness (QED) is 0.631. The van der Waals surface area contributed by atoms with Crippen LogP contribution in [0.5, 0.6) is 0 Å². The van der Waals surface area contributed by atoms with Crippen LogP contribution in [-0.4, -0.2) is 48.1 Å². The van der Waals surface area contributed by atoms with E-state index in [9.17, 15) is 0 Å². The number of likely N-dealkylation sites (N-methyl/N-ethyl adjacent to an activating group) is 1. The van der Waals surface area contributed by atoms with Crippen molar-refractivity contribution in [2.75, 3.05) is 54.5 Å². The van der Waals surface area contributed by atoms with Gasteiger partial charge in [-0.25, -0.2) is 4.98 Å². The van der Waals surface area contributed by atoms with Gasteiger partial charge in [-0.3, -0.25) is 0 Å². The summed E-state index contributed by atoms with van der Waals surface area (Å²) in [5.74, 6) is 1.08. The molecule has 4 rings (SSSR count). The molecule has 7 nitrogen and oxygen atoms in total. The Morgan fingerprint density at radius 3 is 2.25 bits per heavy atom. The highest BCUT2D eigenvalue weighted by Gasteiger charge is 2.14. The number of aromatic nitrogens is 2. The van der Waals surface area contributed by atoms with Crippen molar-refractivity contribution in [1.82, 2.24) is 14.9 Å². The number of para-hydroxylation sites is 1. The van der Waals surface area contributed by atoms with Crippen molar-refractivity contribution >= 4 is 34.5 Å². The second-order valence-electron chi connectivity index (χ2n) is 6.95. The van der Waals surface area contributed by atoms with E-state index in [-0.39, 0.29) is 0 Å². The summed E-state index contributed by atoms with van der Waals surface area (Å²) >= 11 is 0. The summed E-state index contributed by atoms with van der Waals surface area (Å²) in [6.45, 7) is 4.30. The highest BCUT2D eigenvalue weighted by Crippen LogP contribution is 2.24. The van der Waals surface area contributed by atoms with Gasteiger partial charge in [-0.05, 0) is 43.4 Å². The van der Waals surface area contributed by atoms with Crippen molar-refractivity contribution in [1.29, 1.82) is 0 Å². The number of nitrogens with one attached hydrogen (secondary N) is 2. The molecule has 0 unspecified atom stereocenters. The average molecular weight is 375 g/mol. The number of nitrogens with two attached hydrogens (primary N) is 1. The van der Waals surface area contributed by atoms with E-state index in [1.807, 2.05) is 30.3 Å². The van der Waals surface area contributed by atoms with Gasteiger partial charge >= 0.3 is 0 Å². The molecule has 2 heterocycles. The van der Waals surface area contributed by atoms with Crippen LogP contribution in [0.3, 0.4) is 0 Å². The van der Waals surface area contributed by atoms with Crippen LogP contribution in [0, 0.1) is 0 Å². The van der Waals surface area contributed by atoms with Crippen LogP contribution in [0.4, 0.5) is 34.5 Å². The number of benzene rings is 2. The SMILES string of the molecule is CN1CCN(c2ccc(Nc3ncc(N)c(Nc4ccccc4)n3)cc2)CC1. The first kappa shape index (κ1) is 18.1. The first-order chi connectivity index (χ1) is 13.7. The third-order valence-corrected chi connectivity index (χ3v) is 4.85. The number of anilines is 6. The number of piperazine rings is 1. The molecule has 3 aromatic rings. The van der Waals surface area contributed by atoms with Crippen LogP contribution in [-0.2, 0) is 0 Å². The number of hydrogen-bond donors (Lipinski definition) is 3. The first-order valence-corrected chi connectivity index (χ1v) is 9.42. The number of rotatable bonds is 5. The molecule has 1 aromatic heterocycles. The fourth-order valence-electron chi connectivity index (χ4n) is 3.16. The van der Waals surface area contributed by atoms with Gasteiger partial charge in [-0.2, -0.15) is 4.98 Å². The minimum atomic E-state index is 0.500. The van der Waals surface area contributed by atoms with Crippen molar-refractivity contribution in [3.8, 4) is 0 Å². The molecular weight excluding hydrogens is 350 g/mol. The van der Waals surface area contributed by atoms with E-state index < -0.39 is 0 Å². The third-order valence-electron chi connectivity index (χ3n) is 4.85. The van der Waals surface area contributed by atoms with Crippen molar-refractivity contribution in [2.24, 2.45) is 0 Å². The molecule has 28 heavy (non-hydrogen) atoms. The molecule has 4 N–H and O–H groups in total. The number of hydrogen-bond acceptors (Lipinski definition) is 7. The van der Waals surface area contributed by atoms with Crippen LogP contribution in [0.25, 0.3) is 0 Å². The predicted octanol–water partition coefficient (Wildman–Crippen LogP) is 3.30. The van der Waals surface area contributed by atoms with Crippen LogP contribution in [0.2, 0.25) is 0 Å².